The molecule has 3 aromatic carbocycles. The summed E-state index contributed by atoms with van der Waals surface area (Å²) in [7, 11) is 1.49. The highest BCUT2D eigenvalue weighted by Gasteiger charge is 2.17. The molecule has 0 fully saturated rings. The van der Waals surface area contributed by atoms with Crippen LogP contribution in [0.25, 0.3) is 5.69 Å². The standard InChI is InChI=1S/C25H22FN3O3/c1-16-5-3-4-6-23(16)29-24(14-19(28-29)13-17-7-9-18(26)10-8-17)27-22-12-11-20(32-2)15-21(22)25(30)31/h3-12,14-15,27H,13H2,1-2H3,(H,30,31). The molecule has 0 atom stereocenters. The average Bonchev–Trinajstić information content (AvgIpc) is 3.17. The van der Waals surface area contributed by atoms with E-state index in [-0.39, 0.29) is 11.4 Å². The van der Waals surface area contributed by atoms with Gasteiger partial charge >= 0.3 is 5.97 Å². The van der Waals surface area contributed by atoms with E-state index in [1.165, 1.54) is 25.3 Å². The number of hydrogen-bond donors (Lipinski definition) is 2. The number of carbonyl (C=O) groups is 1. The molecular formula is C25H22FN3O3. The van der Waals surface area contributed by atoms with E-state index in [9.17, 15) is 14.3 Å². The summed E-state index contributed by atoms with van der Waals surface area (Å²) in [5.74, 6) is -0.288. The molecule has 0 aliphatic rings. The number of aryl methyl sites for hydroxylation is 1. The second kappa shape index (κ2) is 8.93. The zero-order valence-electron chi connectivity index (χ0n) is 17.7. The number of rotatable bonds is 7. The monoisotopic (exact) mass is 431 g/mol. The van der Waals surface area contributed by atoms with E-state index < -0.39 is 5.97 Å². The van der Waals surface area contributed by atoms with Gasteiger partial charge in [0.05, 0.1) is 29.7 Å². The number of aromatic carboxylic acids is 1. The Kier molecular flexibility index (Phi) is 5.89. The SMILES string of the molecule is COc1ccc(Nc2cc(Cc3ccc(F)cc3)nn2-c2ccccc2C)c(C(=O)O)c1. The predicted molar refractivity (Wildman–Crippen MR) is 121 cm³/mol. The molecule has 0 radical (unpaired) electrons. The number of aromatic nitrogens is 2. The Morgan fingerprint density at radius 3 is 2.53 bits per heavy atom. The van der Waals surface area contributed by atoms with Crippen molar-refractivity contribution >= 4 is 17.5 Å². The van der Waals surface area contributed by atoms with E-state index in [2.05, 4.69) is 5.32 Å². The molecule has 1 heterocycles. The van der Waals surface area contributed by atoms with Crippen LogP contribution in [-0.2, 0) is 6.42 Å². The number of nitrogens with zero attached hydrogens (tertiary/aromatic N) is 2. The fraction of sp³-hybridized carbons (Fsp3) is 0.120. The highest BCUT2D eigenvalue weighted by molar-refractivity contribution is 5.95. The van der Waals surface area contributed by atoms with Crippen molar-refractivity contribution in [3.05, 3.63) is 101 Å². The van der Waals surface area contributed by atoms with Gasteiger partial charge in [-0.05, 0) is 54.4 Å². The third kappa shape index (κ3) is 4.46. The number of hydrogen-bond acceptors (Lipinski definition) is 4. The molecule has 0 aliphatic heterocycles. The molecule has 0 saturated heterocycles. The maximum Gasteiger partial charge on any atom is 0.337 e. The van der Waals surface area contributed by atoms with Crippen LogP contribution in [-0.4, -0.2) is 28.0 Å². The predicted octanol–water partition coefficient (Wildman–Crippen LogP) is 5.36. The van der Waals surface area contributed by atoms with Crippen LogP contribution < -0.4 is 10.1 Å². The van der Waals surface area contributed by atoms with Gasteiger partial charge in [-0.15, -0.1) is 0 Å². The van der Waals surface area contributed by atoms with Crippen LogP contribution in [0.15, 0.2) is 72.8 Å². The molecule has 0 aliphatic carbocycles. The normalized spacial score (nSPS) is 10.7. The second-order valence-corrected chi connectivity index (χ2v) is 7.36. The van der Waals surface area contributed by atoms with E-state index >= 15 is 0 Å². The molecule has 32 heavy (non-hydrogen) atoms. The lowest BCUT2D eigenvalue weighted by Crippen LogP contribution is -2.08. The van der Waals surface area contributed by atoms with Gasteiger partial charge in [0.2, 0.25) is 0 Å². The molecule has 6 nitrogen and oxygen atoms in total. The molecule has 0 amide bonds. The van der Waals surface area contributed by atoms with Crippen LogP contribution in [0.1, 0.15) is 27.2 Å². The molecule has 0 saturated carbocycles. The minimum Gasteiger partial charge on any atom is -0.497 e. The lowest BCUT2D eigenvalue weighted by atomic mass is 10.1. The zero-order chi connectivity index (χ0) is 22.7. The van der Waals surface area contributed by atoms with Gasteiger partial charge in [-0.25, -0.2) is 13.9 Å². The Hall–Kier alpha value is -4.13. The molecular weight excluding hydrogens is 409 g/mol. The minimum absolute atomic E-state index is 0.0852. The largest absolute Gasteiger partial charge is 0.497 e. The number of carboxylic acid groups (broad SMARTS) is 1. The lowest BCUT2D eigenvalue weighted by molar-refractivity contribution is 0.0697. The summed E-state index contributed by atoms with van der Waals surface area (Å²) < 4.78 is 20.2. The van der Waals surface area contributed by atoms with Gasteiger partial charge in [0.15, 0.2) is 0 Å². The van der Waals surface area contributed by atoms with Crippen LogP contribution in [0.5, 0.6) is 5.75 Å². The fourth-order valence-corrected chi connectivity index (χ4v) is 3.48. The van der Waals surface area contributed by atoms with E-state index in [4.69, 9.17) is 9.84 Å². The number of halogens is 1. The van der Waals surface area contributed by atoms with E-state index in [1.54, 1.807) is 28.9 Å². The maximum absolute atomic E-state index is 13.3. The zero-order valence-corrected chi connectivity index (χ0v) is 17.7. The third-order valence-electron chi connectivity index (χ3n) is 5.12. The Balaban J connectivity index is 1.76. The smallest absolute Gasteiger partial charge is 0.337 e. The third-order valence-corrected chi connectivity index (χ3v) is 5.12. The Labute approximate surface area is 184 Å². The Bertz CT molecular complexity index is 1270. The lowest BCUT2D eigenvalue weighted by Gasteiger charge is -2.14. The van der Waals surface area contributed by atoms with Crippen molar-refractivity contribution in [3.8, 4) is 11.4 Å². The molecule has 4 aromatic rings. The first kappa shape index (κ1) is 21.1. The molecule has 7 heteroatoms. The summed E-state index contributed by atoms with van der Waals surface area (Å²) in [6.45, 7) is 1.98. The molecule has 0 bridgehead atoms. The van der Waals surface area contributed by atoms with Crippen LogP contribution >= 0.6 is 0 Å². The quantitative estimate of drug-likeness (QED) is 0.412. The van der Waals surface area contributed by atoms with Crippen molar-refractivity contribution in [1.82, 2.24) is 9.78 Å². The molecule has 0 unspecified atom stereocenters. The van der Waals surface area contributed by atoms with Crippen molar-refractivity contribution in [2.24, 2.45) is 0 Å². The fourth-order valence-electron chi connectivity index (χ4n) is 3.48. The number of carboxylic acids is 1. The number of para-hydroxylation sites is 1. The summed E-state index contributed by atoms with van der Waals surface area (Å²) >= 11 is 0. The molecule has 4 rings (SSSR count). The van der Waals surface area contributed by atoms with Crippen LogP contribution in [0.3, 0.4) is 0 Å². The first-order chi connectivity index (χ1) is 15.4. The van der Waals surface area contributed by atoms with E-state index in [0.717, 1.165) is 22.5 Å². The van der Waals surface area contributed by atoms with Crippen LogP contribution in [0.2, 0.25) is 0 Å². The summed E-state index contributed by atoms with van der Waals surface area (Å²) in [6, 6.07) is 20.8. The van der Waals surface area contributed by atoms with Gasteiger partial charge in [-0.2, -0.15) is 5.10 Å². The topological polar surface area (TPSA) is 76.4 Å². The number of methoxy groups -OCH3 is 1. The van der Waals surface area contributed by atoms with Gasteiger partial charge in [0.1, 0.15) is 17.4 Å². The summed E-state index contributed by atoms with van der Waals surface area (Å²) in [6.07, 6.45) is 0.502. The minimum atomic E-state index is -1.07. The number of ether oxygens (including phenoxy) is 1. The summed E-state index contributed by atoms with van der Waals surface area (Å²) in [4.78, 5) is 11.8. The number of anilines is 2. The van der Waals surface area contributed by atoms with Crippen molar-refractivity contribution in [1.29, 1.82) is 0 Å². The molecule has 162 valence electrons. The van der Waals surface area contributed by atoms with Gasteiger partial charge in [0.25, 0.3) is 0 Å². The number of nitrogens with one attached hydrogen (secondary N) is 1. The van der Waals surface area contributed by atoms with E-state index in [0.29, 0.717) is 23.7 Å². The maximum atomic E-state index is 13.3. The average molecular weight is 431 g/mol. The molecule has 1 aromatic heterocycles. The van der Waals surface area contributed by atoms with Gasteiger partial charge in [-0.3, -0.25) is 0 Å². The number of benzene rings is 3. The summed E-state index contributed by atoms with van der Waals surface area (Å²) in [5, 5.41) is 17.6. The van der Waals surface area contributed by atoms with Crippen LogP contribution in [0, 0.1) is 12.7 Å². The van der Waals surface area contributed by atoms with Crippen molar-refractivity contribution in [2.75, 3.05) is 12.4 Å². The highest BCUT2D eigenvalue weighted by atomic mass is 19.1. The molecule has 0 spiro atoms. The second-order valence-electron chi connectivity index (χ2n) is 7.36. The van der Waals surface area contributed by atoms with Gasteiger partial charge in [-0.1, -0.05) is 30.3 Å². The first-order valence-corrected chi connectivity index (χ1v) is 10.0. The van der Waals surface area contributed by atoms with Gasteiger partial charge in [0, 0.05) is 12.5 Å². The van der Waals surface area contributed by atoms with Crippen LogP contribution in [0.4, 0.5) is 15.9 Å². The first-order valence-electron chi connectivity index (χ1n) is 10.0. The molecule has 2 N–H and O–H groups in total. The van der Waals surface area contributed by atoms with Crippen molar-refractivity contribution < 1.29 is 19.0 Å². The summed E-state index contributed by atoms with van der Waals surface area (Å²) in [5.41, 5.74) is 4.06. The Morgan fingerprint density at radius 1 is 1.09 bits per heavy atom. The van der Waals surface area contributed by atoms with Crippen molar-refractivity contribution in [2.45, 2.75) is 13.3 Å². The highest BCUT2D eigenvalue weighted by Crippen LogP contribution is 2.28. The van der Waals surface area contributed by atoms with Crippen molar-refractivity contribution in [3.63, 3.8) is 0 Å². The van der Waals surface area contributed by atoms with Gasteiger partial charge < -0.3 is 15.2 Å². The van der Waals surface area contributed by atoms with E-state index in [1.807, 2.05) is 37.3 Å². The Morgan fingerprint density at radius 2 is 1.84 bits per heavy atom.